The SMILES string of the molecule is CCCCCO[C@@H]1CCNC1. The number of hydrogen-bond donors (Lipinski definition) is 1. The van der Waals surface area contributed by atoms with Gasteiger partial charge >= 0.3 is 0 Å². The maximum absolute atomic E-state index is 5.64. The van der Waals surface area contributed by atoms with Gasteiger partial charge in [-0.05, 0) is 19.4 Å². The predicted molar refractivity (Wildman–Crippen MR) is 46.8 cm³/mol. The van der Waals surface area contributed by atoms with Gasteiger partial charge in [-0.3, -0.25) is 0 Å². The van der Waals surface area contributed by atoms with Crippen LogP contribution in [0.3, 0.4) is 0 Å². The van der Waals surface area contributed by atoms with Crippen LogP contribution in [0.25, 0.3) is 0 Å². The van der Waals surface area contributed by atoms with Crippen molar-refractivity contribution in [2.45, 2.75) is 38.7 Å². The van der Waals surface area contributed by atoms with Crippen molar-refractivity contribution in [1.82, 2.24) is 5.32 Å². The lowest BCUT2D eigenvalue weighted by molar-refractivity contribution is 0.0644. The summed E-state index contributed by atoms with van der Waals surface area (Å²) in [6, 6.07) is 0. The molecule has 66 valence electrons. The van der Waals surface area contributed by atoms with Crippen LogP contribution in [0.5, 0.6) is 0 Å². The van der Waals surface area contributed by atoms with Crippen molar-refractivity contribution >= 4 is 0 Å². The van der Waals surface area contributed by atoms with Crippen molar-refractivity contribution in [2.24, 2.45) is 0 Å². The summed E-state index contributed by atoms with van der Waals surface area (Å²) >= 11 is 0. The van der Waals surface area contributed by atoms with Gasteiger partial charge in [0, 0.05) is 13.2 Å². The van der Waals surface area contributed by atoms with Crippen LogP contribution in [-0.2, 0) is 4.74 Å². The molecule has 1 saturated heterocycles. The second-order valence-electron chi connectivity index (χ2n) is 3.19. The van der Waals surface area contributed by atoms with Gasteiger partial charge in [-0.2, -0.15) is 0 Å². The van der Waals surface area contributed by atoms with E-state index in [0.29, 0.717) is 6.10 Å². The zero-order valence-corrected chi connectivity index (χ0v) is 7.44. The standard InChI is InChI=1S/C9H19NO/c1-2-3-4-7-11-9-5-6-10-8-9/h9-10H,2-8H2,1H3/t9-/m1/s1. The minimum atomic E-state index is 0.506. The van der Waals surface area contributed by atoms with Crippen LogP contribution in [0, 0.1) is 0 Å². The third-order valence-electron chi connectivity index (χ3n) is 2.12. The summed E-state index contributed by atoms with van der Waals surface area (Å²) in [5.41, 5.74) is 0. The Hall–Kier alpha value is -0.0800. The molecular formula is C9H19NO. The summed E-state index contributed by atoms with van der Waals surface area (Å²) in [4.78, 5) is 0. The van der Waals surface area contributed by atoms with Crippen molar-refractivity contribution in [1.29, 1.82) is 0 Å². The van der Waals surface area contributed by atoms with E-state index < -0.39 is 0 Å². The zero-order valence-electron chi connectivity index (χ0n) is 7.44. The quantitative estimate of drug-likeness (QED) is 0.611. The molecule has 2 nitrogen and oxygen atoms in total. The zero-order chi connectivity index (χ0) is 7.94. The smallest absolute Gasteiger partial charge is 0.0711 e. The maximum Gasteiger partial charge on any atom is 0.0711 e. The van der Waals surface area contributed by atoms with E-state index in [1.54, 1.807) is 0 Å². The fourth-order valence-corrected chi connectivity index (χ4v) is 1.37. The van der Waals surface area contributed by atoms with Crippen LogP contribution in [0.2, 0.25) is 0 Å². The molecule has 0 amide bonds. The summed E-state index contributed by atoms with van der Waals surface area (Å²) in [5, 5.41) is 3.29. The first-order chi connectivity index (χ1) is 5.43. The maximum atomic E-state index is 5.64. The van der Waals surface area contributed by atoms with Gasteiger partial charge in [0.05, 0.1) is 6.10 Å². The van der Waals surface area contributed by atoms with Crippen LogP contribution in [0.1, 0.15) is 32.6 Å². The van der Waals surface area contributed by atoms with Gasteiger partial charge in [0.25, 0.3) is 0 Å². The van der Waals surface area contributed by atoms with Crippen molar-refractivity contribution in [3.8, 4) is 0 Å². The highest BCUT2D eigenvalue weighted by molar-refractivity contribution is 4.70. The van der Waals surface area contributed by atoms with Gasteiger partial charge < -0.3 is 10.1 Å². The lowest BCUT2D eigenvalue weighted by atomic mass is 10.2. The van der Waals surface area contributed by atoms with Gasteiger partial charge in [-0.25, -0.2) is 0 Å². The number of unbranched alkanes of at least 4 members (excludes halogenated alkanes) is 2. The summed E-state index contributed by atoms with van der Waals surface area (Å²) < 4.78 is 5.64. The van der Waals surface area contributed by atoms with E-state index in [1.807, 2.05) is 0 Å². The Kier molecular flexibility index (Phi) is 4.55. The van der Waals surface area contributed by atoms with Gasteiger partial charge in [0.15, 0.2) is 0 Å². The van der Waals surface area contributed by atoms with Gasteiger partial charge in [0.2, 0.25) is 0 Å². The molecule has 0 radical (unpaired) electrons. The summed E-state index contributed by atoms with van der Waals surface area (Å²) in [7, 11) is 0. The monoisotopic (exact) mass is 157 g/mol. The molecule has 0 saturated carbocycles. The van der Waals surface area contributed by atoms with Crippen molar-refractivity contribution < 1.29 is 4.74 Å². The number of nitrogens with one attached hydrogen (secondary N) is 1. The Bertz CT molecular complexity index is 89.6. The average molecular weight is 157 g/mol. The van der Waals surface area contributed by atoms with E-state index in [9.17, 15) is 0 Å². The van der Waals surface area contributed by atoms with E-state index in [1.165, 1.54) is 25.7 Å². The fourth-order valence-electron chi connectivity index (χ4n) is 1.37. The summed E-state index contributed by atoms with van der Waals surface area (Å²) in [5.74, 6) is 0. The first-order valence-electron chi connectivity index (χ1n) is 4.76. The van der Waals surface area contributed by atoms with Gasteiger partial charge in [-0.1, -0.05) is 19.8 Å². The largest absolute Gasteiger partial charge is 0.377 e. The third kappa shape index (κ3) is 3.73. The van der Waals surface area contributed by atoms with Crippen LogP contribution in [0.15, 0.2) is 0 Å². The van der Waals surface area contributed by atoms with E-state index >= 15 is 0 Å². The molecule has 0 spiro atoms. The molecule has 1 aliphatic heterocycles. The molecule has 1 heterocycles. The molecule has 2 heteroatoms. The Morgan fingerprint density at radius 1 is 1.45 bits per heavy atom. The summed E-state index contributed by atoms with van der Waals surface area (Å²) in [6.45, 7) is 5.38. The van der Waals surface area contributed by atoms with E-state index in [4.69, 9.17) is 4.74 Å². The van der Waals surface area contributed by atoms with E-state index in [-0.39, 0.29) is 0 Å². The lowest BCUT2D eigenvalue weighted by Crippen LogP contribution is -2.17. The number of ether oxygens (including phenoxy) is 1. The van der Waals surface area contributed by atoms with Crippen molar-refractivity contribution in [3.63, 3.8) is 0 Å². The number of hydrogen-bond acceptors (Lipinski definition) is 2. The summed E-state index contributed by atoms with van der Waals surface area (Å²) in [6.07, 6.45) is 5.53. The minimum absolute atomic E-state index is 0.506. The molecule has 1 fully saturated rings. The molecule has 1 atom stereocenters. The molecule has 0 aliphatic carbocycles. The first kappa shape index (κ1) is 9.01. The topological polar surface area (TPSA) is 21.3 Å². The Morgan fingerprint density at radius 3 is 3.00 bits per heavy atom. The van der Waals surface area contributed by atoms with Crippen LogP contribution < -0.4 is 5.32 Å². The molecule has 0 unspecified atom stereocenters. The van der Waals surface area contributed by atoms with Crippen molar-refractivity contribution in [2.75, 3.05) is 19.7 Å². The second-order valence-corrected chi connectivity index (χ2v) is 3.19. The molecule has 0 aromatic rings. The van der Waals surface area contributed by atoms with Gasteiger partial charge in [0.1, 0.15) is 0 Å². The highest BCUT2D eigenvalue weighted by Crippen LogP contribution is 2.04. The molecule has 0 aromatic carbocycles. The fraction of sp³-hybridized carbons (Fsp3) is 1.00. The average Bonchev–Trinajstić information content (AvgIpc) is 2.50. The van der Waals surface area contributed by atoms with Crippen LogP contribution >= 0.6 is 0 Å². The normalized spacial score (nSPS) is 24.3. The molecule has 11 heavy (non-hydrogen) atoms. The predicted octanol–water partition coefficient (Wildman–Crippen LogP) is 1.56. The Labute approximate surface area is 69.3 Å². The molecule has 1 N–H and O–H groups in total. The highest BCUT2D eigenvalue weighted by atomic mass is 16.5. The molecule has 0 bridgehead atoms. The molecular weight excluding hydrogens is 138 g/mol. The van der Waals surface area contributed by atoms with Crippen LogP contribution in [0.4, 0.5) is 0 Å². The minimum Gasteiger partial charge on any atom is -0.377 e. The van der Waals surface area contributed by atoms with E-state index in [2.05, 4.69) is 12.2 Å². The van der Waals surface area contributed by atoms with Gasteiger partial charge in [-0.15, -0.1) is 0 Å². The van der Waals surface area contributed by atoms with E-state index in [0.717, 1.165) is 19.7 Å². The molecule has 0 aromatic heterocycles. The first-order valence-corrected chi connectivity index (χ1v) is 4.76. The van der Waals surface area contributed by atoms with Crippen molar-refractivity contribution in [3.05, 3.63) is 0 Å². The third-order valence-corrected chi connectivity index (χ3v) is 2.12. The van der Waals surface area contributed by atoms with Crippen LogP contribution in [-0.4, -0.2) is 25.8 Å². The number of rotatable bonds is 5. The lowest BCUT2D eigenvalue weighted by Gasteiger charge is -2.09. The highest BCUT2D eigenvalue weighted by Gasteiger charge is 2.13. The molecule has 1 rings (SSSR count). The molecule has 1 aliphatic rings. The Balaban J connectivity index is 1.86. The Morgan fingerprint density at radius 2 is 2.36 bits per heavy atom. The second kappa shape index (κ2) is 5.56.